The van der Waals surface area contributed by atoms with Crippen molar-refractivity contribution in [3.63, 3.8) is 0 Å². The molecule has 0 saturated heterocycles. The first-order chi connectivity index (χ1) is 5.38. The van der Waals surface area contributed by atoms with Crippen LogP contribution < -0.4 is 0 Å². The molecule has 0 spiro atoms. The quantitative estimate of drug-likeness (QED) is 0.448. The predicted octanol–water partition coefficient (Wildman–Crippen LogP) is 2.13. The topological polar surface area (TPSA) is 38.7 Å². The van der Waals surface area contributed by atoms with Gasteiger partial charge in [0.15, 0.2) is 11.4 Å². The lowest BCUT2D eigenvalue weighted by molar-refractivity contribution is 0.114. The molecule has 1 aliphatic carbocycles. The van der Waals surface area contributed by atoms with Gasteiger partial charge in [0.1, 0.15) is 0 Å². The molecular formula is C8H9NO2. The van der Waals surface area contributed by atoms with Gasteiger partial charge in [0.25, 0.3) is 0 Å². The van der Waals surface area contributed by atoms with Crippen LogP contribution >= 0.6 is 0 Å². The highest BCUT2D eigenvalue weighted by Crippen LogP contribution is 2.14. The fourth-order valence-electron chi connectivity index (χ4n) is 0.941. The van der Waals surface area contributed by atoms with Crippen LogP contribution in [0, 0.1) is 4.91 Å². The van der Waals surface area contributed by atoms with Gasteiger partial charge in [0.2, 0.25) is 0 Å². The van der Waals surface area contributed by atoms with Crippen molar-refractivity contribution in [1.29, 1.82) is 0 Å². The Labute approximate surface area is 65.0 Å². The van der Waals surface area contributed by atoms with Crippen molar-refractivity contribution in [2.75, 3.05) is 0 Å². The highest BCUT2D eigenvalue weighted by atomic mass is 16.7. The molecule has 3 heteroatoms. The molecule has 0 heterocycles. The molecule has 11 heavy (non-hydrogen) atoms. The van der Waals surface area contributed by atoms with E-state index in [0.717, 1.165) is 5.57 Å². The molecule has 1 atom stereocenters. The van der Waals surface area contributed by atoms with E-state index in [-0.39, 0.29) is 6.10 Å². The van der Waals surface area contributed by atoms with Crippen molar-refractivity contribution in [2.24, 2.45) is 5.34 Å². The van der Waals surface area contributed by atoms with Gasteiger partial charge in [-0.15, -0.1) is 4.91 Å². The van der Waals surface area contributed by atoms with Crippen molar-refractivity contribution in [1.82, 2.24) is 0 Å². The third-order valence-electron chi connectivity index (χ3n) is 1.50. The first-order valence-corrected chi connectivity index (χ1v) is 3.38. The Balaban J connectivity index is 2.70. The van der Waals surface area contributed by atoms with Crippen LogP contribution in [0.3, 0.4) is 0 Å². The lowest BCUT2D eigenvalue weighted by Crippen LogP contribution is -2.09. The number of nitrogens with zero attached hydrogens (tertiary/aromatic N) is 1. The van der Waals surface area contributed by atoms with Gasteiger partial charge < -0.3 is 4.84 Å². The van der Waals surface area contributed by atoms with Crippen LogP contribution in [0.1, 0.15) is 6.92 Å². The SMILES string of the molecule is C/C=C1/C=CC=CC1ON=O. The molecule has 1 unspecified atom stereocenters. The maximum absolute atomic E-state index is 9.78. The van der Waals surface area contributed by atoms with Crippen LogP contribution in [0.2, 0.25) is 0 Å². The van der Waals surface area contributed by atoms with Gasteiger partial charge >= 0.3 is 0 Å². The number of allylic oxidation sites excluding steroid dienone is 3. The molecule has 0 fully saturated rings. The number of hydrogen-bond acceptors (Lipinski definition) is 3. The van der Waals surface area contributed by atoms with E-state index in [1.54, 1.807) is 6.08 Å². The van der Waals surface area contributed by atoms with Crippen molar-refractivity contribution < 1.29 is 4.84 Å². The molecule has 0 amide bonds. The Bertz CT molecular complexity index is 228. The summed E-state index contributed by atoms with van der Waals surface area (Å²) >= 11 is 0. The molecule has 0 N–H and O–H groups in total. The van der Waals surface area contributed by atoms with E-state index in [1.165, 1.54) is 0 Å². The summed E-state index contributed by atoms with van der Waals surface area (Å²) in [7, 11) is 0. The predicted molar refractivity (Wildman–Crippen MR) is 42.7 cm³/mol. The summed E-state index contributed by atoms with van der Waals surface area (Å²) in [5, 5.41) is 2.38. The van der Waals surface area contributed by atoms with E-state index in [9.17, 15) is 4.91 Å². The monoisotopic (exact) mass is 151 g/mol. The molecule has 0 bridgehead atoms. The zero-order valence-electron chi connectivity index (χ0n) is 6.23. The molecule has 0 aromatic heterocycles. The van der Waals surface area contributed by atoms with E-state index >= 15 is 0 Å². The highest BCUT2D eigenvalue weighted by molar-refractivity contribution is 5.34. The van der Waals surface area contributed by atoms with Gasteiger partial charge in [-0.2, -0.15) is 0 Å². The maximum Gasteiger partial charge on any atom is 0.174 e. The normalized spacial score (nSPS) is 25.5. The molecule has 1 aliphatic rings. The molecular weight excluding hydrogens is 142 g/mol. The average Bonchev–Trinajstić information content (AvgIpc) is 2.06. The molecule has 0 aromatic carbocycles. The van der Waals surface area contributed by atoms with Crippen LogP contribution in [0.15, 0.2) is 41.3 Å². The fourth-order valence-corrected chi connectivity index (χ4v) is 0.941. The minimum absolute atomic E-state index is 0.303. The Hall–Kier alpha value is -1.38. The minimum atomic E-state index is -0.303. The van der Waals surface area contributed by atoms with E-state index in [0.29, 0.717) is 0 Å². The third-order valence-corrected chi connectivity index (χ3v) is 1.50. The summed E-state index contributed by atoms with van der Waals surface area (Å²) in [5.74, 6) is 0. The summed E-state index contributed by atoms with van der Waals surface area (Å²) in [5.41, 5.74) is 0.951. The highest BCUT2D eigenvalue weighted by Gasteiger charge is 2.11. The van der Waals surface area contributed by atoms with Gasteiger partial charge in [0.05, 0.1) is 0 Å². The zero-order valence-corrected chi connectivity index (χ0v) is 6.23. The lowest BCUT2D eigenvalue weighted by atomic mass is 10.1. The summed E-state index contributed by atoms with van der Waals surface area (Å²) in [6.07, 6.45) is 8.95. The Kier molecular flexibility index (Phi) is 2.60. The van der Waals surface area contributed by atoms with Gasteiger partial charge in [-0.05, 0) is 18.6 Å². The fraction of sp³-hybridized carbons (Fsp3) is 0.250. The molecule has 0 saturated carbocycles. The van der Waals surface area contributed by atoms with E-state index in [1.807, 2.05) is 31.2 Å². The van der Waals surface area contributed by atoms with Crippen LogP contribution in [-0.4, -0.2) is 6.10 Å². The van der Waals surface area contributed by atoms with Crippen molar-refractivity contribution in [2.45, 2.75) is 13.0 Å². The van der Waals surface area contributed by atoms with Gasteiger partial charge in [0, 0.05) is 0 Å². The standard InChI is InChI=1S/C8H9NO2/c1-2-7-5-3-4-6-8(7)11-9-10/h2-6,8H,1H3/b7-2-. The zero-order chi connectivity index (χ0) is 8.10. The van der Waals surface area contributed by atoms with Crippen LogP contribution in [-0.2, 0) is 4.84 Å². The Morgan fingerprint density at radius 2 is 2.45 bits per heavy atom. The van der Waals surface area contributed by atoms with E-state index in [4.69, 9.17) is 0 Å². The van der Waals surface area contributed by atoms with Crippen LogP contribution in [0.5, 0.6) is 0 Å². The number of rotatable bonds is 2. The summed E-state index contributed by atoms with van der Waals surface area (Å²) in [4.78, 5) is 14.3. The second-order valence-corrected chi connectivity index (χ2v) is 2.13. The van der Waals surface area contributed by atoms with Crippen molar-refractivity contribution in [3.05, 3.63) is 40.9 Å². The molecule has 1 rings (SSSR count). The van der Waals surface area contributed by atoms with Gasteiger partial charge in [-0.25, -0.2) is 0 Å². The second kappa shape index (κ2) is 3.71. The third kappa shape index (κ3) is 1.77. The molecule has 0 aromatic rings. The van der Waals surface area contributed by atoms with Crippen LogP contribution in [0.25, 0.3) is 0 Å². The van der Waals surface area contributed by atoms with E-state index < -0.39 is 0 Å². The summed E-state index contributed by atoms with van der Waals surface area (Å²) < 4.78 is 0. The molecule has 3 nitrogen and oxygen atoms in total. The van der Waals surface area contributed by atoms with Gasteiger partial charge in [-0.3, -0.25) is 0 Å². The average molecular weight is 151 g/mol. The Morgan fingerprint density at radius 1 is 1.64 bits per heavy atom. The Morgan fingerprint density at radius 3 is 3.09 bits per heavy atom. The van der Waals surface area contributed by atoms with E-state index in [2.05, 4.69) is 10.2 Å². The molecule has 58 valence electrons. The second-order valence-electron chi connectivity index (χ2n) is 2.13. The van der Waals surface area contributed by atoms with Crippen LogP contribution in [0.4, 0.5) is 0 Å². The minimum Gasteiger partial charge on any atom is -0.352 e. The molecule has 0 aliphatic heterocycles. The lowest BCUT2D eigenvalue weighted by Gasteiger charge is -2.11. The summed E-state index contributed by atoms with van der Waals surface area (Å²) in [6, 6.07) is 0. The molecule has 0 radical (unpaired) electrons. The largest absolute Gasteiger partial charge is 0.352 e. The first kappa shape index (κ1) is 7.72. The summed E-state index contributed by atoms with van der Waals surface area (Å²) in [6.45, 7) is 1.89. The maximum atomic E-state index is 9.78. The van der Waals surface area contributed by atoms with Gasteiger partial charge in [-0.1, -0.05) is 24.3 Å². The first-order valence-electron chi connectivity index (χ1n) is 3.38. The van der Waals surface area contributed by atoms with Crippen molar-refractivity contribution in [3.8, 4) is 0 Å². The van der Waals surface area contributed by atoms with Crippen molar-refractivity contribution >= 4 is 0 Å². The number of hydrogen-bond donors (Lipinski definition) is 0. The smallest absolute Gasteiger partial charge is 0.174 e.